The van der Waals surface area contributed by atoms with Gasteiger partial charge in [0.25, 0.3) is 5.91 Å². The smallest absolute Gasteiger partial charge is 0.328 e. The highest BCUT2D eigenvalue weighted by atomic mass is 16.5. The number of benzene rings is 3. The van der Waals surface area contributed by atoms with Crippen LogP contribution in [0, 0.1) is 0 Å². The van der Waals surface area contributed by atoms with Crippen LogP contribution < -0.4 is 14.8 Å². The molecule has 1 unspecified atom stereocenters. The van der Waals surface area contributed by atoms with Crippen molar-refractivity contribution < 1.29 is 29.3 Å². The average molecular weight is 421 g/mol. The number of aliphatic carboxylic acids is 1. The van der Waals surface area contributed by atoms with Crippen LogP contribution in [0.25, 0.3) is 0 Å². The number of aliphatic hydroxyl groups is 1. The van der Waals surface area contributed by atoms with E-state index in [9.17, 15) is 14.7 Å². The van der Waals surface area contributed by atoms with Crippen molar-refractivity contribution >= 4 is 11.9 Å². The van der Waals surface area contributed by atoms with E-state index in [1.54, 1.807) is 12.1 Å². The van der Waals surface area contributed by atoms with Gasteiger partial charge in [-0.25, -0.2) is 4.79 Å². The summed E-state index contributed by atoms with van der Waals surface area (Å²) in [5, 5.41) is 20.6. The molecule has 0 bridgehead atoms. The minimum Gasteiger partial charge on any atom is -0.485 e. The van der Waals surface area contributed by atoms with Gasteiger partial charge in [0.05, 0.1) is 12.2 Å². The normalized spacial score (nSPS) is 11.4. The van der Waals surface area contributed by atoms with Crippen LogP contribution in [-0.4, -0.2) is 34.7 Å². The first kappa shape index (κ1) is 21.9. The number of hydrogen-bond acceptors (Lipinski definition) is 5. The van der Waals surface area contributed by atoms with Crippen molar-refractivity contribution in [1.82, 2.24) is 5.32 Å². The Kier molecular flexibility index (Phi) is 7.61. The largest absolute Gasteiger partial charge is 0.485 e. The third kappa shape index (κ3) is 6.07. The Morgan fingerprint density at radius 2 is 1.39 bits per heavy atom. The molecule has 160 valence electrons. The number of carbonyl (C=O) groups excluding carboxylic acids is 1. The summed E-state index contributed by atoms with van der Waals surface area (Å²) in [6.45, 7) is -0.275. The predicted molar refractivity (Wildman–Crippen MR) is 114 cm³/mol. The molecule has 0 radical (unpaired) electrons. The van der Waals surface area contributed by atoms with Gasteiger partial charge in [-0.1, -0.05) is 66.7 Å². The zero-order chi connectivity index (χ0) is 22.1. The summed E-state index contributed by atoms with van der Waals surface area (Å²) in [4.78, 5) is 23.9. The van der Waals surface area contributed by atoms with Crippen LogP contribution in [0.3, 0.4) is 0 Å². The summed E-state index contributed by atoms with van der Waals surface area (Å²) in [5.41, 5.74) is 1.95. The molecule has 7 heteroatoms. The van der Waals surface area contributed by atoms with Crippen molar-refractivity contribution in [1.29, 1.82) is 0 Å². The van der Waals surface area contributed by atoms with Crippen LogP contribution in [0.4, 0.5) is 0 Å². The molecule has 0 aliphatic heterocycles. The molecule has 3 aromatic rings. The molecule has 1 amide bonds. The van der Waals surface area contributed by atoms with Crippen LogP contribution in [-0.2, 0) is 18.0 Å². The lowest BCUT2D eigenvalue weighted by molar-refractivity contribution is -0.140. The number of carboxylic acids is 1. The third-order valence-corrected chi connectivity index (χ3v) is 4.47. The molecule has 0 spiro atoms. The zero-order valence-electron chi connectivity index (χ0n) is 16.7. The monoisotopic (exact) mass is 421 g/mol. The molecule has 1 atom stereocenters. The molecular weight excluding hydrogens is 398 g/mol. The fourth-order valence-corrected chi connectivity index (χ4v) is 2.84. The molecule has 3 rings (SSSR count). The number of carbonyl (C=O) groups is 2. The van der Waals surface area contributed by atoms with Crippen molar-refractivity contribution in [3.05, 3.63) is 95.6 Å². The molecule has 3 aromatic carbocycles. The Hall–Kier alpha value is -3.84. The van der Waals surface area contributed by atoms with Crippen LogP contribution in [0.5, 0.6) is 11.5 Å². The SMILES string of the molecule is O=C(NC(CO)C(=O)O)c1cccc(OCc2ccccc2)c1OCc1ccccc1. The van der Waals surface area contributed by atoms with E-state index in [1.807, 2.05) is 60.7 Å². The second-order valence-electron chi connectivity index (χ2n) is 6.73. The number of aliphatic hydroxyl groups excluding tert-OH is 1. The van der Waals surface area contributed by atoms with Gasteiger partial charge in [0.2, 0.25) is 0 Å². The summed E-state index contributed by atoms with van der Waals surface area (Å²) in [5.74, 6) is -1.47. The van der Waals surface area contributed by atoms with Crippen molar-refractivity contribution in [3.8, 4) is 11.5 Å². The van der Waals surface area contributed by atoms with Gasteiger partial charge in [0.15, 0.2) is 17.5 Å². The molecule has 7 nitrogen and oxygen atoms in total. The fourth-order valence-electron chi connectivity index (χ4n) is 2.84. The van der Waals surface area contributed by atoms with Crippen molar-refractivity contribution in [2.75, 3.05) is 6.61 Å². The topological polar surface area (TPSA) is 105 Å². The van der Waals surface area contributed by atoms with Gasteiger partial charge >= 0.3 is 5.97 Å². The number of rotatable bonds is 10. The number of carboxylic acid groups (broad SMARTS) is 1. The van der Waals surface area contributed by atoms with E-state index in [2.05, 4.69) is 5.32 Å². The van der Waals surface area contributed by atoms with Gasteiger partial charge in [-0.05, 0) is 23.3 Å². The van der Waals surface area contributed by atoms with Gasteiger partial charge < -0.3 is 25.0 Å². The summed E-state index contributed by atoms with van der Waals surface area (Å²) < 4.78 is 11.9. The van der Waals surface area contributed by atoms with Gasteiger partial charge in [-0.2, -0.15) is 0 Å². The molecule has 3 N–H and O–H groups in total. The van der Waals surface area contributed by atoms with Gasteiger partial charge in [0, 0.05) is 0 Å². The Bertz CT molecular complexity index is 1010. The number of amides is 1. The summed E-state index contributed by atoms with van der Waals surface area (Å²) >= 11 is 0. The molecule has 0 aliphatic rings. The van der Waals surface area contributed by atoms with E-state index >= 15 is 0 Å². The van der Waals surface area contributed by atoms with Crippen molar-refractivity contribution in [2.45, 2.75) is 19.3 Å². The molecule has 0 heterocycles. The van der Waals surface area contributed by atoms with Gasteiger partial charge in [0.1, 0.15) is 13.2 Å². The number of nitrogens with one attached hydrogen (secondary N) is 1. The van der Waals surface area contributed by atoms with Gasteiger partial charge in [-0.15, -0.1) is 0 Å². The second kappa shape index (κ2) is 10.8. The molecule has 0 fully saturated rings. The first-order chi connectivity index (χ1) is 15.1. The van der Waals surface area contributed by atoms with E-state index in [0.717, 1.165) is 11.1 Å². The van der Waals surface area contributed by atoms with E-state index in [-0.39, 0.29) is 24.5 Å². The molecular formula is C24H23NO6. The second-order valence-corrected chi connectivity index (χ2v) is 6.73. The summed E-state index contributed by atoms with van der Waals surface area (Å²) in [6.07, 6.45) is 0. The lowest BCUT2D eigenvalue weighted by Gasteiger charge is -2.18. The van der Waals surface area contributed by atoms with Crippen LogP contribution in [0.1, 0.15) is 21.5 Å². The Morgan fingerprint density at radius 3 is 1.94 bits per heavy atom. The lowest BCUT2D eigenvalue weighted by atomic mass is 10.1. The first-order valence-electron chi connectivity index (χ1n) is 9.69. The maximum absolute atomic E-state index is 12.8. The quantitative estimate of drug-likeness (QED) is 0.465. The minimum atomic E-state index is -1.43. The molecule has 0 saturated heterocycles. The maximum atomic E-state index is 12.8. The average Bonchev–Trinajstić information content (AvgIpc) is 2.81. The summed E-state index contributed by atoms with van der Waals surface area (Å²) in [7, 11) is 0. The number of hydrogen-bond donors (Lipinski definition) is 3. The zero-order valence-corrected chi connectivity index (χ0v) is 16.7. The minimum absolute atomic E-state index is 0.112. The van der Waals surface area contributed by atoms with E-state index in [1.165, 1.54) is 6.07 Å². The Labute approximate surface area is 179 Å². The number of ether oxygens (including phenoxy) is 2. The Morgan fingerprint density at radius 1 is 0.806 bits per heavy atom. The van der Waals surface area contributed by atoms with E-state index in [4.69, 9.17) is 14.6 Å². The lowest BCUT2D eigenvalue weighted by Crippen LogP contribution is -2.43. The van der Waals surface area contributed by atoms with E-state index < -0.39 is 24.5 Å². The van der Waals surface area contributed by atoms with Gasteiger partial charge in [-0.3, -0.25) is 4.79 Å². The fraction of sp³-hybridized carbons (Fsp3) is 0.167. The molecule has 31 heavy (non-hydrogen) atoms. The van der Waals surface area contributed by atoms with Crippen molar-refractivity contribution in [3.63, 3.8) is 0 Å². The van der Waals surface area contributed by atoms with E-state index in [0.29, 0.717) is 5.75 Å². The molecule has 0 aromatic heterocycles. The van der Waals surface area contributed by atoms with Crippen LogP contribution in [0.2, 0.25) is 0 Å². The van der Waals surface area contributed by atoms with Crippen LogP contribution in [0.15, 0.2) is 78.9 Å². The highest BCUT2D eigenvalue weighted by Crippen LogP contribution is 2.33. The predicted octanol–water partition coefficient (Wildman–Crippen LogP) is 3.02. The standard InChI is InChI=1S/C24H23NO6/c26-14-20(24(28)29)25-23(27)19-12-7-13-21(30-15-17-8-3-1-4-9-17)22(19)31-16-18-10-5-2-6-11-18/h1-13,20,26H,14-16H2,(H,25,27)(H,28,29). The van der Waals surface area contributed by atoms with Crippen molar-refractivity contribution in [2.24, 2.45) is 0 Å². The maximum Gasteiger partial charge on any atom is 0.328 e. The third-order valence-electron chi connectivity index (χ3n) is 4.47. The molecule has 0 aliphatic carbocycles. The highest BCUT2D eigenvalue weighted by molar-refractivity contribution is 5.99. The Balaban J connectivity index is 1.87. The van der Waals surface area contributed by atoms with Crippen LogP contribution >= 0.6 is 0 Å². The molecule has 0 saturated carbocycles. The first-order valence-corrected chi connectivity index (χ1v) is 9.69. The highest BCUT2D eigenvalue weighted by Gasteiger charge is 2.23. The number of para-hydroxylation sites is 1. The summed E-state index contributed by atoms with van der Waals surface area (Å²) in [6, 6.07) is 22.4.